The van der Waals surface area contributed by atoms with Gasteiger partial charge in [-0.2, -0.15) is 5.10 Å². The Bertz CT molecular complexity index is 400. The number of hydrogen-bond donors (Lipinski definition) is 1. The lowest BCUT2D eigenvalue weighted by atomic mass is 9.75. The summed E-state index contributed by atoms with van der Waals surface area (Å²) in [7, 11) is 0. The van der Waals surface area contributed by atoms with Crippen molar-refractivity contribution in [2.75, 3.05) is 0 Å². The summed E-state index contributed by atoms with van der Waals surface area (Å²) in [5.41, 5.74) is -0.181. The minimum absolute atomic E-state index is 0.135. The monoisotopic (exact) mass is 242 g/mol. The molecule has 1 aromatic heterocycles. The van der Waals surface area contributed by atoms with Crippen molar-refractivity contribution in [3.05, 3.63) is 16.9 Å². The third kappa shape index (κ3) is 1.49. The summed E-state index contributed by atoms with van der Waals surface area (Å²) in [6.07, 6.45) is 4.46. The van der Waals surface area contributed by atoms with Gasteiger partial charge >= 0.3 is 0 Å². The van der Waals surface area contributed by atoms with Crippen LogP contribution in [0.2, 0.25) is 5.02 Å². The Morgan fingerprint density at radius 2 is 2.19 bits per heavy atom. The average Bonchev–Trinajstić information content (AvgIpc) is 2.69. The second-order valence-electron chi connectivity index (χ2n) is 5.25. The molecule has 0 bridgehead atoms. The number of nitrogens with zero attached hydrogens (tertiary/aromatic N) is 2. The van der Waals surface area contributed by atoms with Crippen molar-refractivity contribution in [3.63, 3.8) is 0 Å². The number of aliphatic hydroxyl groups is 1. The van der Waals surface area contributed by atoms with E-state index in [1.54, 1.807) is 6.20 Å². The van der Waals surface area contributed by atoms with E-state index in [-0.39, 0.29) is 5.41 Å². The molecule has 0 radical (unpaired) electrons. The van der Waals surface area contributed by atoms with Crippen molar-refractivity contribution in [2.45, 2.75) is 52.2 Å². The predicted molar refractivity (Wildman–Crippen MR) is 64.4 cm³/mol. The molecule has 1 unspecified atom stereocenters. The van der Waals surface area contributed by atoms with E-state index < -0.39 is 5.60 Å². The van der Waals surface area contributed by atoms with Gasteiger partial charge < -0.3 is 5.11 Å². The van der Waals surface area contributed by atoms with Crippen LogP contribution >= 0.6 is 11.6 Å². The Kier molecular flexibility index (Phi) is 2.79. The number of rotatable bonds is 2. The lowest BCUT2D eigenvalue weighted by Crippen LogP contribution is -2.39. The van der Waals surface area contributed by atoms with Gasteiger partial charge in [0, 0.05) is 6.54 Å². The summed E-state index contributed by atoms with van der Waals surface area (Å²) >= 11 is 6.18. The molecule has 4 heteroatoms. The Morgan fingerprint density at radius 1 is 1.50 bits per heavy atom. The zero-order valence-electron chi connectivity index (χ0n) is 10.1. The summed E-state index contributed by atoms with van der Waals surface area (Å²) in [5, 5.41) is 15.7. The lowest BCUT2D eigenvalue weighted by Gasteiger charge is -2.37. The second-order valence-corrected chi connectivity index (χ2v) is 5.66. The van der Waals surface area contributed by atoms with Crippen LogP contribution in [0.25, 0.3) is 0 Å². The number of hydrogen-bond acceptors (Lipinski definition) is 2. The molecule has 0 saturated heterocycles. The zero-order chi connectivity index (χ0) is 12.0. The maximum absolute atomic E-state index is 10.9. The first kappa shape index (κ1) is 11.9. The van der Waals surface area contributed by atoms with E-state index in [0.717, 1.165) is 31.5 Å². The van der Waals surface area contributed by atoms with E-state index >= 15 is 0 Å². The van der Waals surface area contributed by atoms with Gasteiger partial charge in [-0.3, -0.25) is 4.68 Å². The van der Waals surface area contributed by atoms with E-state index in [1.807, 2.05) is 11.6 Å². The maximum Gasteiger partial charge on any atom is 0.113 e. The highest BCUT2D eigenvalue weighted by Gasteiger charge is 2.51. The minimum Gasteiger partial charge on any atom is -0.383 e. The van der Waals surface area contributed by atoms with Crippen LogP contribution in [0.5, 0.6) is 0 Å². The van der Waals surface area contributed by atoms with Gasteiger partial charge in [-0.05, 0) is 31.6 Å². The number of halogens is 1. The van der Waals surface area contributed by atoms with E-state index in [9.17, 15) is 5.11 Å². The third-order valence-corrected chi connectivity index (χ3v) is 4.22. The maximum atomic E-state index is 10.9. The molecule has 1 aliphatic carbocycles. The normalized spacial score (nSPS) is 28.6. The van der Waals surface area contributed by atoms with Crippen LogP contribution in [0.4, 0.5) is 0 Å². The van der Waals surface area contributed by atoms with Crippen LogP contribution in [-0.2, 0) is 12.1 Å². The van der Waals surface area contributed by atoms with Gasteiger partial charge in [0.1, 0.15) is 5.60 Å². The Balaban J connectivity index is 2.54. The van der Waals surface area contributed by atoms with Gasteiger partial charge in [0.2, 0.25) is 0 Å². The Morgan fingerprint density at radius 3 is 2.69 bits per heavy atom. The molecule has 90 valence electrons. The molecule has 1 heterocycles. The van der Waals surface area contributed by atoms with Crippen LogP contribution in [0, 0.1) is 5.41 Å². The highest BCUT2D eigenvalue weighted by Crippen LogP contribution is 2.53. The van der Waals surface area contributed by atoms with Crippen molar-refractivity contribution in [1.82, 2.24) is 9.78 Å². The molecular weight excluding hydrogens is 224 g/mol. The third-order valence-electron chi connectivity index (χ3n) is 3.95. The topological polar surface area (TPSA) is 38.0 Å². The molecule has 1 fully saturated rings. The van der Waals surface area contributed by atoms with Crippen molar-refractivity contribution >= 4 is 11.6 Å². The molecule has 0 aliphatic heterocycles. The van der Waals surface area contributed by atoms with Crippen LogP contribution in [-0.4, -0.2) is 14.9 Å². The SMILES string of the molecule is CCn1ncc(Cl)c1C1(O)CCCC1(C)C. The highest BCUT2D eigenvalue weighted by molar-refractivity contribution is 6.31. The summed E-state index contributed by atoms with van der Waals surface area (Å²) in [4.78, 5) is 0. The quantitative estimate of drug-likeness (QED) is 0.866. The average molecular weight is 243 g/mol. The highest BCUT2D eigenvalue weighted by atomic mass is 35.5. The first-order chi connectivity index (χ1) is 7.42. The summed E-state index contributed by atoms with van der Waals surface area (Å²) in [6.45, 7) is 6.95. The molecule has 1 N–H and O–H groups in total. The lowest BCUT2D eigenvalue weighted by molar-refractivity contribution is -0.0555. The van der Waals surface area contributed by atoms with Crippen molar-refractivity contribution in [1.29, 1.82) is 0 Å². The molecule has 0 amide bonds. The molecule has 1 aliphatic rings. The summed E-state index contributed by atoms with van der Waals surface area (Å²) < 4.78 is 1.81. The van der Waals surface area contributed by atoms with Crippen molar-refractivity contribution < 1.29 is 5.11 Å². The second kappa shape index (κ2) is 3.74. The van der Waals surface area contributed by atoms with Crippen LogP contribution in [0.1, 0.15) is 45.7 Å². The van der Waals surface area contributed by atoms with Crippen molar-refractivity contribution in [2.24, 2.45) is 5.41 Å². The Hall–Kier alpha value is -0.540. The Labute approximate surface area is 101 Å². The van der Waals surface area contributed by atoms with Gasteiger partial charge in [-0.25, -0.2) is 0 Å². The molecule has 1 aromatic rings. The first-order valence-electron chi connectivity index (χ1n) is 5.86. The number of aryl methyl sites for hydroxylation is 1. The molecule has 16 heavy (non-hydrogen) atoms. The molecule has 2 rings (SSSR count). The van der Waals surface area contributed by atoms with E-state index in [0.29, 0.717) is 5.02 Å². The minimum atomic E-state index is -0.837. The molecule has 1 saturated carbocycles. The number of aromatic nitrogens is 2. The predicted octanol–water partition coefficient (Wildman–Crippen LogP) is 2.95. The van der Waals surface area contributed by atoms with E-state index in [4.69, 9.17) is 11.6 Å². The van der Waals surface area contributed by atoms with Crippen LogP contribution in [0.3, 0.4) is 0 Å². The van der Waals surface area contributed by atoms with Gasteiger partial charge in [0.05, 0.1) is 16.9 Å². The fourth-order valence-electron chi connectivity index (χ4n) is 2.78. The smallest absolute Gasteiger partial charge is 0.113 e. The van der Waals surface area contributed by atoms with Gasteiger partial charge in [0.25, 0.3) is 0 Å². The molecule has 0 aromatic carbocycles. The largest absolute Gasteiger partial charge is 0.383 e. The molecular formula is C12H19ClN2O. The fourth-order valence-corrected chi connectivity index (χ4v) is 3.08. The van der Waals surface area contributed by atoms with Gasteiger partial charge in [-0.1, -0.05) is 25.4 Å². The zero-order valence-corrected chi connectivity index (χ0v) is 10.9. The van der Waals surface area contributed by atoms with Crippen LogP contribution in [0.15, 0.2) is 6.20 Å². The fraction of sp³-hybridized carbons (Fsp3) is 0.750. The molecule has 0 spiro atoms. The molecule has 1 atom stereocenters. The molecule has 3 nitrogen and oxygen atoms in total. The van der Waals surface area contributed by atoms with Crippen LogP contribution < -0.4 is 0 Å². The van der Waals surface area contributed by atoms with Crippen molar-refractivity contribution in [3.8, 4) is 0 Å². The standard InChI is InChI=1S/C12H19ClN2O/c1-4-15-10(9(13)8-14-15)12(16)7-5-6-11(12,2)3/h8,16H,4-7H2,1-3H3. The van der Waals surface area contributed by atoms with E-state index in [2.05, 4.69) is 18.9 Å². The first-order valence-corrected chi connectivity index (χ1v) is 6.24. The summed E-state index contributed by atoms with van der Waals surface area (Å²) in [6, 6.07) is 0. The van der Waals surface area contributed by atoms with Gasteiger partial charge in [0.15, 0.2) is 0 Å². The summed E-state index contributed by atoms with van der Waals surface area (Å²) in [5.74, 6) is 0. The van der Waals surface area contributed by atoms with E-state index in [1.165, 1.54) is 0 Å². The van der Waals surface area contributed by atoms with Gasteiger partial charge in [-0.15, -0.1) is 0 Å².